The van der Waals surface area contributed by atoms with Crippen LogP contribution in [0.4, 0.5) is 0 Å². The molecular formula is C6H8CaO4S. The molecule has 0 saturated carbocycles. The van der Waals surface area contributed by atoms with E-state index < -0.39 is 11.0 Å². The second-order valence-corrected chi connectivity index (χ2v) is 2.44. The molecule has 1 rings (SSSR count). The summed E-state index contributed by atoms with van der Waals surface area (Å²) in [6.07, 6.45) is 0. The Bertz CT molecular complexity index is 298. The molecule has 1 aromatic carbocycles. The Morgan fingerprint density at radius 1 is 1.17 bits per heavy atom. The standard InChI is InChI=1S/C6H6O4S.Ca.2H/c7-5-1-3-6(4-2-5)10-11(8)9;;;/h1-4,7,11H;;;. The van der Waals surface area contributed by atoms with E-state index in [1.807, 2.05) is 0 Å². The van der Waals surface area contributed by atoms with Crippen LogP contribution >= 0.6 is 0 Å². The van der Waals surface area contributed by atoms with E-state index in [0.717, 1.165) is 0 Å². The Kier molecular flexibility index (Phi) is 5.65. The molecule has 1 N–H and O–H groups in total. The molecule has 64 valence electrons. The van der Waals surface area contributed by atoms with E-state index >= 15 is 0 Å². The van der Waals surface area contributed by atoms with Crippen molar-refractivity contribution in [3.05, 3.63) is 24.3 Å². The van der Waals surface area contributed by atoms with Crippen molar-refractivity contribution in [2.24, 2.45) is 0 Å². The molecule has 0 radical (unpaired) electrons. The van der Waals surface area contributed by atoms with Gasteiger partial charge >= 0.3 is 37.7 Å². The van der Waals surface area contributed by atoms with Crippen LogP contribution < -0.4 is 4.18 Å². The maximum absolute atomic E-state index is 10.0. The summed E-state index contributed by atoms with van der Waals surface area (Å²) in [5, 5.41) is 8.78. The van der Waals surface area contributed by atoms with Gasteiger partial charge in [0.2, 0.25) is 0 Å². The monoisotopic (exact) mass is 216 g/mol. The van der Waals surface area contributed by atoms with E-state index in [1.165, 1.54) is 24.3 Å². The number of phenols is 1. The van der Waals surface area contributed by atoms with E-state index in [0.29, 0.717) is 0 Å². The zero-order chi connectivity index (χ0) is 8.27. The second kappa shape index (κ2) is 5.64. The average Bonchev–Trinajstić information content (AvgIpc) is 1.93. The zero-order valence-corrected chi connectivity index (χ0v) is 6.32. The number of phenolic OH excluding ortho intramolecular Hbond substituents is 1. The van der Waals surface area contributed by atoms with Crippen molar-refractivity contribution < 1.29 is 17.7 Å². The van der Waals surface area contributed by atoms with Gasteiger partial charge in [-0.15, -0.1) is 0 Å². The molecule has 0 amide bonds. The van der Waals surface area contributed by atoms with Gasteiger partial charge in [0.1, 0.15) is 11.5 Å². The third kappa shape index (κ3) is 4.15. The van der Waals surface area contributed by atoms with Gasteiger partial charge < -0.3 is 9.29 Å². The molecule has 0 aliphatic carbocycles. The minimum atomic E-state index is -2.87. The van der Waals surface area contributed by atoms with Crippen molar-refractivity contribution in [3.8, 4) is 11.5 Å². The van der Waals surface area contributed by atoms with Crippen LogP contribution in [0.2, 0.25) is 0 Å². The number of hydrogen-bond donors (Lipinski definition) is 2. The average molecular weight is 216 g/mol. The quantitative estimate of drug-likeness (QED) is 0.511. The molecule has 0 atom stereocenters. The van der Waals surface area contributed by atoms with E-state index in [1.54, 1.807) is 0 Å². The molecule has 6 heteroatoms. The van der Waals surface area contributed by atoms with Crippen LogP contribution in [-0.2, 0) is 11.0 Å². The Labute approximate surface area is 101 Å². The molecule has 0 spiro atoms. The number of rotatable bonds is 2. The van der Waals surface area contributed by atoms with Crippen molar-refractivity contribution >= 4 is 48.7 Å². The van der Waals surface area contributed by atoms with Gasteiger partial charge in [-0.05, 0) is 24.3 Å². The number of hydrogen-bond acceptors (Lipinski definition) is 4. The SMILES string of the molecule is O=[SH](=O)Oc1ccc(O)cc1.[CaH2]. The van der Waals surface area contributed by atoms with Crippen molar-refractivity contribution in [1.29, 1.82) is 0 Å². The summed E-state index contributed by atoms with van der Waals surface area (Å²) in [5.74, 6) is 0.261. The van der Waals surface area contributed by atoms with E-state index in [2.05, 4.69) is 4.18 Å². The summed E-state index contributed by atoms with van der Waals surface area (Å²) in [6, 6.07) is 5.41. The number of aromatic hydroxyl groups is 1. The zero-order valence-electron chi connectivity index (χ0n) is 5.43. The predicted molar refractivity (Wildman–Crippen MR) is 47.6 cm³/mol. The van der Waals surface area contributed by atoms with Gasteiger partial charge in [0, 0.05) is 0 Å². The van der Waals surface area contributed by atoms with Crippen LogP contribution in [0.15, 0.2) is 24.3 Å². The first-order chi connectivity index (χ1) is 5.18. The normalized spacial score (nSPS) is 9.08. The summed E-state index contributed by atoms with van der Waals surface area (Å²) < 4.78 is 24.3. The number of thiol groups is 1. The van der Waals surface area contributed by atoms with Gasteiger partial charge in [0.25, 0.3) is 11.0 Å². The summed E-state index contributed by atoms with van der Waals surface area (Å²) in [5.41, 5.74) is 0. The topological polar surface area (TPSA) is 63.6 Å². The molecule has 0 fully saturated rings. The molecule has 0 bridgehead atoms. The molecular weight excluding hydrogens is 208 g/mol. The summed E-state index contributed by atoms with van der Waals surface area (Å²) in [7, 11) is -2.87. The van der Waals surface area contributed by atoms with Crippen molar-refractivity contribution in [2.45, 2.75) is 0 Å². The van der Waals surface area contributed by atoms with Crippen LogP contribution in [0.1, 0.15) is 0 Å². The first-order valence-corrected chi connectivity index (χ1v) is 3.89. The summed E-state index contributed by atoms with van der Waals surface area (Å²) >= 11 is 0. The molecule has 12 heavy (non-hydrogen) atoms. The fraction of sp³-hybridized carbons (Fsp3) is 0. The van der Waals surface area contributed by atoms with Crippen molar-refractivity contribution in [2.75, 3.05) is 0 Å². The van der Waals surface area contributed by atoms with Crippen LogP contribution in [0.3, 0.4) is 0 Å². The molecule has 0 heterocycles. The first kappa shape index (κ1) is 12.0. The fourth-order valence-corrected chi connectivity index (χ4v) is 0.887. The van der Waals surface area contributed by atoms with Gasteiger partial charge in [0.05, 0.1) is 0 Å². The molecule has 0 aliphatic heterocycles. The van der Waals surface area contributed by atoms with Gasteiger partial charge in [0.15, 0.2) is 0 Å². The number of benzene rings is 1. The van der Waals surface area contributed by atoms with Crippen LogP contribution in [-0.4, -0.2) is 51.3 Å². The Balaban J connectivity index is 0.00000121. The molecule has 0 unspecified atom stereocenters. The second-order valence-electron chi connectivity index (χ2n) is 1.81. The van der Waals surface area contributed by atoms with Gasteiger partial charge in [-0.1, -0.05) is 0 Å². The predicted octanol–water partition coefficient (Wildman–Crippen LogP) is -0.619. The van der Waals surface area contributed by atoms with Crippen LogP contribution in [0, 0.1) is 0 Å². The van der Waals surface area contributed by atoms with Crippen LogP contribution in [0.5, 0.6) is 11.5 Å². The van der Waals surface area contributed by atoms with E-state index in [4.69, 9.17) is 5.11 Å². The molecule has 0 aromatic heterocycles. The van der Waals surface area contributed by atoms with E-state index in [-0.39, 0.29) is 49.2 Å². The molecule has 1 aromatic rings. The van der Waals surface area contributed by atoms with Gasteiger partial charge in [-0.2, -0.15) is 8.42 Å². The Morgan fingerprint density at radius 3 is 2.08 bits per heavy atom. The third-order valence-corrected chi connectivity index (χ3v) is 1.38. The minimum absolute atomic E-state index is 0. The fourth-order valence-electron chi connectivity index (χ4n) is 0.593. The maximum atomic E-state index is 10.0. The Morgan fingerprint density at radius 2 is 1.67 bits per heavy atom. The van der Waals surface area contributed by atoms with Gasteiger partial charge in [-0.3, -0.25) is 0 Å². The molecule has 0 saturated heterocycles. The Hall–Kier alpha value is 0.0297. The third-order valence-electron chi connectivity index (χ3n) is 1.02. The van der Waals surface area contributed by atoms with Crippen LogP contribution in [0.25, 0.3) is 0 Å². The van der Waals surface area contributed by atoms with Crippen molar-refractivity contribution in [1.82, 2.24) is 0 Å². The molecule has 4 nitrogen and oxygen atoms in total. The first-order valence-electron chi connectivity index (χ1n) is 2.80. The van der Waals surface area contributed by atoms with Crippen molar-refractivity contribution in [3.63, 3.8) is 0 Å². The summed E-state index contributed by atoms with van der Waals surface area (Å²) in [6.45, 7) is 0. The van der Waals surface area contributed by atoms with Gasteiger partial charge in [-0.25, -0.2) is 0 Å². The molecule has 0 aliphatic rings. The summed E-state index contributed by atoms with van der Waals surface area (Å²) in [4.78, 5) is 0. The van der Waals surface area contributed by atoms with E-state index in [9.17, 15) is 8.42 Å².